The van der Waals surface area contributed by atoms with Gasteiger partial charge in [-0.25, -0.2) is 0 Å². The lowest BCUT2D eigenvalue weighted by Crippen LogP contribution is -2.40. The predicted molar refractivity (Wildman–Crippen MR) is 79.0 cm³/mol. The Morgan fingerprint density at radius 2 is 1.94 bits per heavy atom. The van der Waals surface area contributed by atoms with Crippen LogP contribution in [0.5, 0.6) is 0 Å². The van der Waals surface area contributed by atoms with Crippen LogP contribution in [0.1, 0.15) is 71.6 Å². The summed E-state index contributed by atoms with van der Waals surface area (Å²) in [5, 5.41) is 3.84. The van der Waals surface area contributed by atoms with E-state index in [4.69, 9.17) is 4.74 Å². The highest BCUT2D eigenvalue weighted by Crippen LogP contribution is 2.27. The summed E-state index contributed by atoms with van der Waals surface area (Å²) >= 11 is 0. The minimum absolute atomic E-state index is 0.563. The van der Waals surface area contributed by atoms with Crippen LogP contribution in [0.25, 0.3) is 0 Å². The average molecular weight is 255 g/mol. The van der Waals surface area contributed by atoms with Crippen LogP contribution in [-0.4, -0.2) is 25.8 Å². The number of hydrogen-bond donors (Lipinski definition) is 1. The molecule has 18 heavy (non-hydrogen) atoms. The van der Waals surface area contributed by atoms with Gasteiger partial charge in [-0.3, -0.25) is 0 Å². The van der Waals surface area contributed by atoms with Gasteiger partial charge in [-0.15, -0.1) is 0 Å². The van der Waals surface area contributed by atoms with E-state index in [9.17, 15) is 0 Å². The summed E-state index contributed by atoms with van der Waals surface area (Å²) in [7, 11) is 1.81. The highest BCUT2D eigenvalue weighted by molar-refractivity contribution is 4.78. The molecule has 0 saturated heterocycles. The van der Waals surface area contributed by atoms with Crippen molar-refractivity contribution in [2.75, 3.05) is 13.7 Å². The first-order valence-electron chi connectivity index (χ1n) is 8.05. The molecule has 0 bridgehead atoms. The Kier molecular flexibility index (Phi) is 8.70. The summed E-state index contributed by atoms with van der Waals surface area (Å²) in [6.07, 6.45) is 12.3. The Balaban J connectivity index is 2.32. The maximum Gasteiger partial charge on any atom is 0.0615 e. The van der Waals surface area contributed by atoms with E-state index in [1.165, 1.54) is 57.8 Å². The standard InChI is InChI=1S/C16H33NO/c1-4-7-14-9-6-10-15(12-11-14)17-16(8-5-2)13-18-3/h14-17H,4-13H2,1-3H3. The van der Waals surface area contributed by atoms with Crippen LogP contribution in [0.2, 0.25) is 0 Å². The molecule has 1 rings (SSSR count). The fourth-order valence-corrected chi connectivity index (χ4v) is 3.34. The molecule has 0 aromatic rings. The second-order valence-electron chi connectivity index (χ2n) is 5.97. The van der Waals surface area contributed by atoms with Crippen LogP contribution in [0.3, 0.4) is 0 Å². The summed E-state index contributed by atoms with van der Waals surface area (Å²) in [6.45, 7) is 5.44. The monoisotopic (exact) mass is 255 g/mol. The van der Waals surface area contributed by atoms with Gasteiger partial charge in [0.15, 0.2) is 0 Å². The van der Waals surface area contributed by atoms with Crippen molar-refractivity contribution in [3.63, 3.8) is 0 Å². The molecular formula is C16H33NO. The molecule has 1 N–H and O–H groups in total. The van der Waals surface area contributed by atoms with Crippen molar-refractivity contribution in [3.05, 3.63) is 0 Å². The minimum Gasteiger partial charge on any atom is -0.383 e. The van der Waals surface area contributed by atoms with E-state index in [1.54, 1.807) is 0 Å². The molecule has 0 aromatic carbocycles. The highest BCUT2D eigenvalue weighted by Gasteiger charge is 2.20. The van der Waals surface area contributed by atoms with Crippen molar-refractivity contribution >= 4 is 0 Å². The molecule has 108 valence electrons. The molecule has 3 unspecified atom stereocenters. The van der Waals surface area contributed by atoms with Crippen molar-refractivity contribution in [1.82, 2.24) is 5.32 Å². The molecule has 0 radical (unpaired) electrons. The second kappa shape index (κ2) is 9.80. The topological polar surface area (TPSA) is 21.3 Å². The predicted octanol–water partition coefficient (Wildman–Crippen LogP) is 4.14. The number of ether oxygens (including phenoxy) is 1. The van der Waals surface area contributed by atoms with Crippen LogP contribution in [0.4, 0.5) is 0 Å². The number of rotatable bonds is 8. The van der Waals surface area contributed by atoms with Gasteiger partial charge in [-0.1, -0.05) is 46.0 Å². The van der Waals surface area contributed by atoms with Gasteiger partial charge in [-0.2, -0.15) is 0 Å². The van der Waals surface area contributed by atoms with Crippen LogP contribution >= 0.6 is 0 Å². The molecule has 2 nitrogen and oxygen atoms in total. The van der Waals surface area contributed by atoms with Gasteiger partial charge in [0.25, 0.3) is 0 Å². The normalized spacial score (nSPS) is 26.8. The smallest absolute Gasteiger partial charge is 0.0615 e. The van der Waals surface area contributed by atoms with E-state index in [0.717, 1.165) is 18.6 Å². The van der Waals surface area contributed by atoms with Gasteiger partial charge in [0.2, 0.25) is 0 Å². The number of hydrogen-bond acceptors (Lipinski definition) is 2. The summed E-state index contributed by atoms with van der Waals surface area (Å²) in [6, 6.07) is 1.30. The Bertz CT molecular complexity index is 190. The van der Waals surface area contributed by atoms with Crippen molar-refractivity contribution in [2.24, 2.45) is 5.92 Å². The molecule has 1 aliphatic rings. The van der Waals surface area contributed by atoms with Gasteiger partial charge in [-0.05, 0) is 31.6 Å². The van der Waals surface area contributed by atoms with E-state index in [2.05, 4.69) is 19.2 Å². The molecule has 0 aromatic heterocycles. The molecule has 2 heteroatoms. The van der Waals surface area contributed by atoms with Crippen LogP contribution in [-0.2, 0) is 4.74 Å². The first-order chi connectivity index (χ1) is 8.80. The molecule has 1 aliphatic carbocycles. The zero-order chi connectivity index (χ0) is 13.2. The molecule has 1 saturated carbocycles. The van der Waals surface area contributed by atoms with Gasteiger partial charge in [0.1, 0.15) is 0 Å². The van der Waals surface area contributed by atoms with E-state index in [-0.39, 0.29) is 0 Å². The number of methoxy groups -OCH3 is 1. The Labute approximate surface area is 114 Å². The van der Waals surface area contributed by atoms with Gasteiger partial charge in [0.05, 0.1) is 6.61 Å². The summed E-state index contributed by atoms with van der Waals surface area (Å²) in [5.41, 5.74) is 0. The van der Waals surface area contributed by atoms with E-state index >= 15 is 0 Å². The van der Waals surface area contributed by atoms with Crippen LogP contribution in [0, 0.1) is 5.92 Å². The first kappa shape index (κ1) is 16.0. The lowest BCUT2D eigenvalue weighted by molar-refractivity contribution is 0.154. The molecular weight excluding hydrogens is 222 g/mol. The Hall–Kier alpha value is -0.0800. The number of nitrogens with one attached hydrogen (secondary N) is 1. The average Bonchev–Trinajstić information content (AvgIpc) is 2.56. The molecule has 0 heterocycles. The zero-order valence-electron chi connectivity index (χ0n) is 12.7. The quantitative estimate of drug-likeness (QED) is 0.658. The SMILES string of the molecule is CCCC1CCCC(NC(CCC)COC)CC1. The van der Waals surface area contributed by atoms with E-state index < -0.39 is 0 Å². The zero-order valence-corrected chi connectivity index (χ0v) is 12.7. The third-order valence-electron chi connectivity index (χ3n) is 4.26. The van der Waals surface area contributed by atoms with E-state index in [0.29, 0.717) is 6.04 Å². The third kappa shape index (κ3) is 6.19. The summed E-state index contributed by atoms with van der Waals surface area (Å²) in [4.78, 5) is 0. The Morgan fingerprint density at radius 3 is 2.61 bits per heavy atom. The fraction of sp³-hybridized carbons (Fsp3) is 1.00. The van der Waals surface area contributed by atoms with Gasteiger partial charge < -0.3 is 10.1 Å². The maximum atomic E-state index is 5.33. The minimum atomic E-state index is 0.563. The summed E-state index contributed by atoms with van der Waals surface area (Å²) < 4.78 is 5.33. The van der Waals surface area contributed by atoms with Crippen molar-refractivity contribution in [3.8, 4) is 0 Å². The highest BCUT2D eigenvalue weighted by atomic mass is 16.5. The van der Waals surface area contributed by atoms with Crippen molar-refractivity contribution in [1.29, 1.82) is 0 Å². The third-order valence-corrected chi connectivity index (χ3v) is 4.26. The lowest BCUT2D eigenvalue weighted by atomic mass is 9.95. The van der Waals surface area contributed by atoms with Gasteiger partial charge >= 0.3 is 0 Å². The second-order valence-corrected chi connectivity index (χ2v) is 5.97. The fourth-order valence-electron chi connectivity index (χ4n) is 3.34. The summed E-state index contributed by atoms with van der Waals surface area (Å²) in [5.74, 6) is 0.994. The van der Waals surface area contributed by atoms with E-state index in [1.807, 2.05) is 7.11 Å². The van der Waals surface area contributed by atoms with Gasteiger partial charge in [0, 0.05) is 19.2 Å². The van der Waals surface area contributed by atoms with Crippen molar-refractivity contribution < 1.29 is 4.74 Å². The maximum absolute atomic E-state index is 5.33. The lowest BCUT2D eigenvalue weighted by Gasteiger charge is -2.24. The molecule has 0 amide bonds. The largest absolute Gasteiger partial charge is 0.383 e. The van der Waals surface area contributed by atoms with Crippen LogP contribution in [0.15, 0.2) is 0 Å². The molecule has 0 aliphatic heterocycles. The first-order valence-corrected chi connectivity index (χ1v) is 8.05. The molecule has 3 atom stereocenters. The van der Waals surface area contributed by atoms with Crippen molar-refractivity contribution in [2.45, 2.75) is 83.7 Å². The molecule has 1 fully saturated rings. The van der Waals surface area contributed by atoms with Crippen LogP contribution < -0.4 is 5.32 Å². The molecule has 0 spiro atoms. The Morgan fingerprint density at radius 1 is 1.11 bits per heavy atom.